The Labute approximate surface area is 146 Å². The Bertz CT molecular complexity index is 999. The van der Waals surface area contributed by atoms with E-state index in [2.05, 4.69) is 19.8 Å². The molecule has 3 aromatic rings. The van der Waals surface area contributed by atoms with Crippen LogP contribution in [0.1, 0.15) is 43.8 Å². The Kier molecular flexibility index (Phi) is 3.99. The maximum Gasteiger partial charge on any atom is 0.265 e. The van der Waals surface area contributed by atoms with Crippen LogP contribution in [0.25, 0.3) is 11.0 Å². The third kappa shape index (κ3) is 3.26. The van der Waals surface area contributed by atoms with Gasteiger partial charge in [0.15, 0.2) is 0 Å². The summed E-state index contributed by atoms with van der Waals surface area (Å²) in [7, 11) is -1.96. The van der Waals surface area contributed by atoms with E-state index in [1.54, 1.807) is 19.2 Å². The molecule has 0 unspecified atom stereocenters. The van der Waals surface area contributed by atoms with Gasteiger partial charge in [-0.05, 0) is 31.0 Å². The Morgan fingerprint density at radius 3 is 2.76 bits per heavy atom. The van der Waals surface area contributed by atoms with Gasteiger partial charge in [-0.25, -0.2) is 13.4 Å². The van der Waals surface area contributed by atoms with E-state index in [0.29, 0.717) is 11.6 Å². The first-order chi connectivity index (χ1) is 12.0. The number of fused-ring (bicyclic) bond motifs is 1. The molecule has 1 saturated carbocycles. The fourth-order valence-corrected chi connectivity index (χ4v) is 4.45. The normalized spacial score (nSPS) is 16.4. The number of sulfonamides is 1. The largest absolute Gasteiger partial charge is 0.342 e. The van der Waals surface area contributed by atoms with Crippen molar-refractivity contribution in [3.05, 3.63) is 36.4 Å². The predicted octanol–water partition coefficient (Wildman–Crippen LogP) is 3.14. The molecule has 132 valence electrons. The molecular formula is C17H21N5O2S. The first kappa shape index (κ1) is 16.1. The molecule has 1 fully saturated rings. The van der Waals surface area contributed by atoms with Gasteiger partial charge in [-0.1, -0.05) is 19.3 Å². The number of rotatable bonds is 4. The number of anilines is 1. The van der Waals surface area contributed by atoms with E-state index in [9.17, 15) is 8.42 Å². The molecule has 25 heavy (non-hydrogen) atoms. The third-order valence-corrected chi connectivity index (χ3v) is 6.07. The minimum atomic E-state index is -3.64. The topological polar surface area (TPSA) is 92.7 Å². The highest BCUT2D eigenvalue weighted by Gasteiger charge is 2.20. The monoisotopic (exact) mass is 359 g/mol. The fraction of sp³-hybridized carbons (Fsp3) is 0.412. The smallest absolute Gasteiger partial charge is 0.265 e. The molecular weight excluding hydrogens is 338 g/mol. The summed E-state index contributed by atoms with van der Waals surface area (Å²) in [5.41, 5.74) is 2.23. The van der Waals surface area contributed by atoms with Crippen molar-refractivity contribution in [2.45, 2.75) is 42.9 Å². The summed E-state index contributed by atoms with van der Waals surface area (Å²) >= 11 is 0. The minimum absolute atomic E-state index is 0.141. The molecule has 0 spiro atoms. The number of hydrogen-bond acceptors (Lipinski definition) is 4. The number of aryl methyl sites for hydroxylation is 1. The van der Waals surface area contributed by atoms with Gasteiger partial charge in [-0.15, -0.1) is 0 Å². The average Bonchev–Trinajstić information content (AvgIpc) is 3.21. The van der Waals surface area contributed by atoms with E-state index in [4.69, 9.17) is 0 Å². The lowest BCUT2D eigenvalue weighted by atomic mass is 9.89. The Hall–Kier alpha value is -2.35. The van der Waals surface area contributed by atoms with Crippen LogP contribution in [0.3, 0.4) is 0 Å². The maximum atomic E-state index is 12.4. The maximum absolute atomic E-state index is 12.4. The molecule has 0 radical (unpaired) electrons. The van der Waals surface area contributed by atoms with Crippen LogP contribution in [0, 0.1) is 0 Å². The summed E-state index contributed by atoms with van der Waals surface area (Å²) in [6.07, 6.45) is 8.93. The first-order valence-electron chi connectivity index (χ1n) is 8.52. The second-order valence-electron chi connectivity index (χ2n) is 6.64. The molecule has 0 aliphatic heterocycles. The van der Waals surface area contributed by atoms with Gasteiger partial charge in [-0.3, -0.25) is 9.40 Å². The quantitative estimate of drug-likeness (QED) is 0.748. The standard InChI is InChI=1S/C17H21N5O2S/c1-22-11-14(10-18-22)25(23,24)21-13-7-8-15-16(9-13)20-17(19-15)12-5-3-2-4-6-12/h7-12,21H,2-6H2,1H3,(H,19,20). The molecule has 1 aliphatic carbocycles. The Balaban J connectivity index is 1.60. The van der Waals surface area contributed by atoms with Crippen molar-refractivity contribution in [1.29, 1.82) is 0 Å². The Morgan fingerprint density at radius 1 is 1.24 bits per heavy atom. The number of H-pyrrole nitrogens is 1. The van der Waals surface area contributed by atoms with Gasteiger partial charge >= 0.3 is 0 Å². The molecule has 0 atom stereocenters. The zero-order valence-corrected chi connectivity index (χ0v) is 14.9. The van der Waals surface area contributed by atoms with Gasteiger partial charge in [0, 0.05) is 19.2 Å². The SMILES string of the molecule is Cn1cc(S(=O)(=O)Nc2ccc3nc(C4CCCCC4)[nH]c3c2)cn1. The van der Waals surface area contributed by atoms with Gasteiger partial charge in [-0.2, -0.15) is 5.10 Å². The lowest BCUT2D eigenvalue weighted by molar-refractivity contribution is 0.431. The molecule has 7 nitrogen and oxygen atoms in total. The van der Waals surface area contributed by atoms with E-state index >= 15 is 0 Å². The number of benzene rings is 1. The number of imidazole rings is 1. The summed E-state index contributed by atoms with van der Waals surface area (Å²) in [6, 6.07) is 5.38. The number of hydrogen-bond donors (Lipinski definition) is 2. The molecule has 4 rings (SSSR count). The highest BCUT2D eigenvalue weighted by Crippen LogP contribution is 2.32. The summed E-state index contributed by atoms with van der Waals surface area (Å²) in [5, 5.41) is 3.91. The average molecular weight is 359 g/mol. The molecule has 0 saturated heterocycles. The molecule has 0 amide bonds. The number of nitrogens with zero attached hydrogens (tertiary/aromatic N) is 3. The molecule has 2 N–H and O–H groups in total. The van der Waals surface area contributed by atoms with Crippen LogP contribution in [0.15, 0.2) is 35.5 Å². The summed E-state index contributed by atoms with van der Waals surface area (Å²) in [4.78, 5) is 8.20. The predicted molar refractivity (Wildman–Crippen MR) is 95.9 cm³/mol. The van der Waals surface area contributed by atoms with Gasteiger partial charge < -0.3 is 4.98 Å². The van der Waals surface area contributed by atoms with Crippen molar-refractivity contribution < 1.29 is 8.42 Å². The first-order valence-corrected chi connectivity index (χ1v) is 10.0. The van der Waals surface area contributed by atoms with Crippen LogP contribution in [-0.2, 0) is 17.1 Å². The molecule has 8 heteroatoms. The molecule has 2 heterocycles. The minimum Gasteiger partial charge on any atom is -0.342 e. The lowest BCUT2D eigenvalue weighted by Crippen LogP contribution is -2.12. The van der Waals surface area contributed by atoms with E-state index in [-0.39, 0.29) is 4.90 Å². The third-order valence-electron chi connectivity index (χ3n) is 4.74. The highest BCUT2D eigenvalue weighted by molar-refractivity contribution is 7.92. The zero-order valence-electron chi connectivity index (χ0n) is 14.1. The zero-order chi connectivity index (χ0) is 17.4. The van der Waals surface area contributed by atoms with E-state index < -0.39 is 10.0 Å². The molecule has 0 bridgehead atoms. The van der Waals surface area contributed by atoms with E-state index in [0.717, 1.165) is 16.9 Å². The Morgan fingerprint density at radius 2 is 2.04 bits per heavy atom. The van der Waals surface area contributed by atoms with Crippen molar-refractivity contribution in [3.8, 4) is 0 Å². The van der Waals surface area contributed by atoms with Gasteiger partial charge in [0.25, 0.3) is 10.0 Å². The molecule has 1 aliphatic rings. The van der Waals surface area contributed by atoms with Crippen LogP contribution < -0.4 is 4.72 Å². The van der Waals surface area contributed by atoms with Crippen molar-refractivity contribution in [1.82, 2.24) is 19.7 Å². The fourth-order valence-electron chi connectivity index (χ4n) is 3.41. The summed E-state index contributed by atoms with van der Waals surface area (Å²) in [6.45, 7) is 0. The number of aromatic nitrogens is 4. The lowest BCUT2D eigenvalue weighted by Gasteiger charge is -2.18. The summed E-state index contributed by atoms with van der Waals surface area (Å²) < 4.78 is 28.9. The van der Waals surface area contributed by atoms with Gasteiger partial charge in [0.2, 0.25) is 0 Å². The summed E-state index contributed by atoms with van der Waals surface area (Å²) in [5.74, 6) is 1.50. The number of nitrogens with one attached hydrogen (secondary N) is 2. The van der Waals surface area contributed by atoms with Crippen molar-refractivity contribution in [2.24, 2.45) is 7.05 Å². The van der Waals surface area contributed by atoms with E-state index in [1.807, 2.05) is 6.07 Å². The van der Waals surface area contributed by atoms with Crippen molar-refractivity contribution >= 4 is 26.7 Å². The van der Waals surface area contributed by atoms with Crippen LogP contribution >= 0.6 is 0 Å². The van der Waals surface area contributed by atoms with Crippen LogP contribution in [0.2, 0.25) is 0 Å². The van der Waals surface area contributed by atoms with Crippen LogP contribution in [-0.4, -0.2) is 28.2 Å². The second kappa shape index (κ2) is 6.18. The van der Waals surface area contributed by atoms with Crippen LogP contribution in [0.5, 0.6) is 0 Å². The second-order valence-corrected chi connectivity index (χ2v) is 8.33. The molecule has 1 aromatic carbocycles. The van der Waals surface area contributed by atoms with Gasteiger partial charge in [0.05, 0.1) is 22.9 Å². The van der Waals surface area contributed by atoms with E-state index in [1.165, 1.54) is 49.2 Å². The van der Waals surface area contributed by atoms with Crippen molar-refractivity contribution in [2.75, 3.05) is 4.72 Å². The van der Waals surface area contributed by atoms with Crippen molar-refractivity contribution in [3.63, 3.8) is 0 Å². The highest BCUT2D eigenvalue weighted by atomic mass is 32.2. The van der Waals surface area contributed by atoms with Crippen LogP contribution in [0.4, 0.5) is 5.69 Å². The molecule has 2 aromatic heterocycles. The number of aromatic amines is 1. The van der Waals surface area contributed by atoms with Gasteiger partial charge in [0.1, 0.15) is 10.7 Å².